The number of halogens is 3. The van der Waals surface area contributed by atoms with E-state index in [0.717, 1.165) is 18.6 Å². The van der Waals surface area contributed by atoms with Gasteiger partial charge >= 0.3 is 6.55 Å². The van der Waals surface area contributed by atoms with E-state index in [1.165, 1.54) is 0 Å². The highest BCUT2D eigenvalue weighted by Crippen LogP contribution is 2.34. The zero-order valence-electron chi connectivity index (χ0n) is 14.0. The molecule has 2 aromatic heterocycles. The number of pyridine rings is 1. The summed E-state index contributed by atoms with van der Waals surface area (Å²) in [5.74, 6) is -1.22. The first kappa shape index (κ1) is 17.9. The van der Waals surface area contributed by atoms with Gasteiger partial charge in [-0.2, -0.15) is 13.9 Å². The average Bonchev–Trinajstić information content (AvgIpc) is 3.24. The van der Waals surface area contributed by atoms with Crippen LogP contribution in [0.4, 0.5) is 13.2 Å². The molecule has 0 aliphatic carbocycles. The van der Waals surface area contributed by atoms with Gasteiger partial charge in [0.2, 0.25) is 0 Å². The Labute approximate surface area is 151 Å². The predicted octanol–water partition coefficient (Wildman–Crippen LogP) is 0.927. The first-order chi connectivity index (χ1) is 13.0. The van der Waals surface area contributed by atoms with E-state index < -0.39 is 24.4 Å². The number of nitrogens with two attached hydrogens (primary N) is 1. The molecule has 3 atom stereocenters. The molecule has 0 saturated carbocycles. The summed E-state index contributed by atoms with van der Waals surface area (Å²) < 4.78 is 45.8. The van der Waals surface area contributed by atoms with Gasteiger partial charge in [0, 0.05) is 36.0 Å². The van der Waals surface area contributed by atoms with Crippen molar-refractivity contribution in [2.45, 2.75) is 31.2 Å². The van der Waals surface area contributed by atoms with E-state index in [0.29, 0.717) is 24.3 Å². The topological polar surface area (TPSA) is 107 Å². The third kappa shape index (κ3) is 3.17. The maximum absolute atomic E-state index is 14.5. The molecule has 1 unspecified atom stereocenters. The Morgan fingerprint density at radius 1 is 1.41 bits per heavy atom. The summed E-state index contributed by atoms with van der Waals surface area (Å²) >= 11 is 0. The largest absolute Gasteiger partial charge is 0.380 e. The van der Waals surface area contributed by atoms with Gasteiger partial charge in [-0.15, -0.1) is 0 Å². The predicted molar refractivity (Wildman–Crippen MR) is 87.2 cm³/mol. The van der Waals surface area contributed by atoms with Gasteiger partial charge in [-0.3, -0.25) is 15.1 Å². The second kappa shape index (κ2) is 6.91. The molecule has 144 valence electrons. The molecule has 2 aromatic rings. The van der Waals surface area contributed by atoms with Gasteiger partial charge in [-0.1, -0.05) is 0 Å². The van der Waals surface area contributed by atoms with Crippen molar-refractivity contribution in [2.75, 3.05) is 13.2 Å². The summed E-state index contributed by atoms with van der Waals surface area (Å²) in [6.07, 6.45) is 3.01. The molecule has 27 heavy (non-hydrogen) atoms. The number of nitrogens with one attached hydrogen (secondary N) is 2. The number of hydrogen-bond donors (Lipinski definition) is 3. The van der Waals surface area contributed by atoms with Crippen LogP contribution in [-0.2, 0) is 4.74 Å². The third-order valence-electron chi connectivity index (χ3n) is 4.72. The quantitative estimate of drug-likeness (QED) is 0.726. The molecule has 1 fully saturated rings. The van der Waals surface area contributed by atoms with Crippen molar-refractivity contribution in [3.8, 4) is 11.3 Å². The molecular weight excluding hydrogens is 365 g/mol. The van der Waals surface area contributed by atoms with E-state index >= 15 is 0 Å². The van der Waals surface area contributed by atoms with Gasteiger partial charge in [0.15, 0.2) is 0 Å². The van der Waals surface area contributed by atoms with Gasteiger partial charge in [0.05, 0.1) is 30.3 Å². The molecular formula is C16H17F3N6O2. The number of rotatable bonds is 4. The minimum Gasteiger partial charge on any atom is -0.380 e. The lowest BCUT2D eigenvalue weighted by Gasteiger charge is -2.32. The molecule has 0 aromatic carbocycles. The fraction of sp³-hybridized carbons (Fsp3) is 0.438. The molecule has 4 heterocycles. The molecule has 0 radical (unpaired) electrons. The van der Waals surface area contributed by atoms with Crippen LogP contribution in [0, 0.1) is 5.82 Å². The third-order valence-corrected chi connectivity index (χ3v) is 4.72. The van der Waals surface area contributed by atoms with Crippen molar-refractivity contribution in [3.63, 3.8) is 0 Å². The van der Waals surface area contributed by atoms with E-state index in [-0.39, 0.29) is 34.5 Å². The smallest absolute Gasteiger partial charge is 0.333 e. The first-order valence-corrected chi connectivity index (χ1v) is 8.37. The Hall–Kier alpha value is -2.50. The molecule has 2 aliphatic heterocycles. The molecule has 4 rings (SSSR count). The van der Waals surface area contributed by atoms with E-state index in [1.807, 2.05) is 0 Å². The fourth-order valence-corrected chi connectivity index (χ4v) is 3.38. The molecule has 11 heteroatoms. The van der Waals surface area contributed by atoms with E-state index in [4.69, 9.17) is 10.5 Å². The summed E-state index contributed by atoms with van der Waals surface area (Å²) in [4.78, 5) is 16.4. The molecule has 0 spiro atoms. The van der Waals surface area contributed by atoms with Gasteiger partial charge in [-0.25, -0.2) is 9.07 Å². The number of carbonyl (C=O) groups excluding carboxylic acids is 1. The minimum absolute atomic E-state index is 0.00180. The number of amides is 1. The van der Waals surface area contributed by atoms with Crippen molar-refractivity contribution in [2.24, 2.45) is 5.73 Å². The van der Waals surface area contributed by atoms with Crippen LogP contribution in [0.3, 0.4) is 0 Å². The Kier molecular flexibility index (Phi) is 4.58. The van der Waals surface area contributed by atoms with Crippen LogP contribution in [0.25, 0.3) is 11.3 Å². The Bertz CT molecular complexity index is 874. The van der Waals surface area contributed by atoms with Gasteiger partial charge in [0.1, 0.15) is 12.0 Å². The summed E-state index contributed by atoms with van der Waals surface area (Å²) in [5.41, 5.74) is 6.40. The number of alkyl halides is 2. The molecule has 1 saturated heterocycles. The van der Waals surface area contributed by atoms with Crippen molar-refractivity contribution in [3.05, 3.63) is 35.5 Å². The van der Waals surface area contributed by atoms with Crippen LogP contribution in [0.15, 0.2) is 18.6 Å². The van der Waals surface area contributed by atoms with Crippen LogP contribution in [0.5, 0.6) is 0 Å². The Balaban J connectivity index is 1.70. The maximum Gasteiger partial charge on any atom is 0.333 e. The fourth-order valence-electron chi connectivity index (χ4n) is 3.38. The number of nitrogens with zero attached hydrogens (tertiary/aromatic N) is 3. The Morgan fingerprint density at radius 2 is 2.22 bits per heavy atom. The molecule has 4 N–H and O–H groups in total. The number of ether oxygens (including phenoxy) is 1. The second-order valence-electron chi connectivity index (χ2n) is 6.44. The molecule has 1 amide bonds. The lowest BCUT2D eigenvalue weighted by atomic mass is 10.0. The summed E-state index contributed by atoms with van der Waals surface area (Å²) in [5, 5.41) is 9.36. The number of aromatic nitrogens is 3. The van der Waals surface area contributed by atoms with Crippen LogP contribution < -0.4 is 16.4 Å². The molecule has 8 nitrogen and oxygen atoms in total. The maximum atomic E-state index is 14.5. The summed E-state index contributed by atoms with van der Waals surface area (Å²) in [7, 11) is 0. The summed E-state index contributed by atoms with van der Waals surface area (Å²) in [6.45, 7) is -1.96. The number of hydrogen-bond acceptors (Lipinski definition) is 6. The average molecular weight is 382 g/mol. The number of fused-ring (bicyclic) bond motifs is 1. The van der Waals surface area contributed by atoms with Gasteiger partial charge < -0.3 is 15.8 Å². The highest BCUT2D eigenvalue weighted by molar-refractivity contribution is 6.04. The van der Waals surface area contributed by atoms with E-state index in [2.05, 4.69) is 20.7 Å². The van der Waals surface area contributed by atoms with Crippen molar-refractivity contribution in [1.29, 1.82) is 0 Å². The zero-order valence-corrected chi connectivity index (χ0v) is 14.0. The normalized spacial score (nSPS) is 24.9. The van der Waals surface area contributed by atoms with Crippen LogP contribution >= 0.6 is 0 Å². The van der Waals surface area contributed by atoms with Crippen molar-refractivity contribution in [1.82, 2.24) is 25.4 Å². The number of carbonyl (C=O) groups is 1. The lowest BCUT2D eigenvalue weighted by molar-refractivity contribution is 0.0565. The lowest BCUT2D eigenvalue weighted by Crippen LogP contribution is -2.53. The summed E-state index contributed by atoms with van der Waals surface area (Å²) in [6, 6.07) is -0.471. The minimum atomic E-state index is -2.83. The van der Waals surface area contributed by atoms with Crippen LogP contribution in [0.1, 0.15) is 35.1 Å². The van der Waals surface area contributed by atoms with Gasteiger partial charge in [0.25, 0.3) is 5.91 Å². The zero-order chi connectivity index (χ0) is 19.1. The molecule has 2 aliphatic rings. The van der Waals surface area contributed by atoms with Crippen LogP contribution in [0.2, 0.25) is 0 Å². The van der Waals surface area contributed by atoms with Crippen LogP contribution in [-0.4, -0.2) is 46.0 Å². The van der Waals surface area contributed by atoms with E-state index in [9.17, 15) is 18.0 Å². The standard InChI is InChI=1S/C16H17F3N6O2/c17-8-4-21-13(7-3-22-25(5-7)16(18)19)12-11(8)14(24-15(12)26)23-10-1-2-27-6-9(10)20/h3-5,9-10,14,16,23H,1-2,6,20H2,(H,24,26)/t9-,10+,14?/m0/s1. The highest BCUT2D eigenvalue weighted by atomic mass is 19.3. The van der Waals surface area contributed by atoms with E-state index in [1.54, 1.807) is 0 Å². The monoisotopic (exact) mass is 382 g/mol. The molecule has 0 bridgehead atoms. The van der Waals surface area contributed by atoms with Crippen molar-refractivity contribution < 1.29 is 22.7 Å². The first-order valence-electron chi connectivity index (χ1n) is 8.37. The van der Waals surface area contributed by atoms with Crippen molar-refractivity contribution >= 4 is 5.91 Å². The SMILES string of the molecule is N[C@H]1COCC[C@H]1NC1NC(=O)c2c(-c3cnn(C(F)F)c3)ncc(F)c21. The van der Waals surface area contributed by atoms with Gasteiger partial charge in [-0.05, 0) is 6.42 Å². The highest BCUT2D eigenvalue weighted by Gasteiger charge is 2.37. The second-order valence-corrected chi connectivity index (χ2v) is 6.44. The Morgan fingerprint density at radius 3 is 2.93 bits per heavy atom.